The average molecular weight is 640 g/mol. The number of hydrogen-bond acceptors (Lipinski definition) is 6. The molecule has 244 valence electrons. The lowest BCUT2D eigenvalue weighted by atomic mass is 9.65. The molecular weight excluding hydrogens is 605 g/mol. The number of fused-ring (bicyclic) bond motifs is 1. The Morgan fingerprint density at radius 2 is 1.73 bits per heavy atom. The van der Waals surface area contributed by atoms with Crippen molar-refractivity contribution < 1.29 is 50.5 Å². The number of amides is 2. The number of aliphatic carboxylic acids is 1. The van der Waals surface area contributed by atoms with E-state index in [2.05, 4.69) is 27.7 Å². The van der Waals surface area contributed by atoms with Gasteiger partial charge in [-0.15, -0.1) is 0 Å². The molecule has 14 heteroatoms. The molecule has 1 aliphatic carbocycles. The number of anilines is 1. The molecule has 2 amide bonds. The smallest absolute Gasteiger partial charge is 0.490 e. The van der Waals surface area contributed by atoms with Crippen LogP contribution in [0.2, 0.25) is 0 Å². The zero-order valence-corrected chi connectivity index (χ0v) is 24.8. The Bertz CT molecular complexity index is 1510. The molecule has 45 heavy (non-hydrogen) atoms. The number of rotatable bonds is 7. The van der Waals surface area contributed by atoms with E-state index in [-0.39, 0.29) is 23.2 Å². The summed E-state index contributed by atoms with van der Waals surface area (Å²) in [6, 6.07) is 13.1. The summed E-state index contributed by atoms with van der Waals surface area (Å²) in [6.07, 6.45) is -1.72. The van der Waals surface area contributed by atoms with Gasteiger partial charge in [-0.05, 0) is 81.1 Å². The van der Waals surface area contributed by atoms with Crippen LogP contribution < -0.4 is 20.1 Å². The minimum Gasteiger partial charge on any atom is -0.493 e. The quantitative estimate of drug-likeness (QED) is 0.257. The average Bonchev–Trinajstić information content (AvgIpc) is 3.57. The molecule has 3 aromatic rings. The maximum Gasteiger partial charge on any atom is 0.490 e. The molecule has 2 aliphatic rings. The topological polar surface area (TPSA) is 113 Å². The molecule has 2 heterocycles. The van der Waals surface area contributed by atoms with E-state index in [1.165, 1.54) is 11.6 Å². The summed E-state index contributed by atoms with van der Waals surface area (Å²) >= 11 is 0. The van der Waals surface area contributed by atoms with Gasteiger partial charge in [0.15, 0.2) is 23.1 Å². The van der Waals surface area contributed by atoms with E-state index in [9.17, 15) is 26.7 Å². The van der Waals surface area contributed by atoms with Crippen molar-refractivity contribution in [2.45, 2.75) is 62.8 Å². The number of carbonyl (C=O) groups excluding carboxylic acids is 1. The molecule has 2 aromatic carbocycles. The Balaban J connectivity index is 0.000000591. The number of carboxylic acid groups (broad SMARTS) is 1. The molecule has 5 rings (SSSR count). The Kier molecular flexibility index (Phi) is 10.3. The number of urea groups is 1. The van der Waals surface area contributed by atoms with Gasteiger partial charge in [0, 0.05) is 29.3 Å². The lowest BCUT2D eigenvalue weighted by Gasteiger charge is -2.45. The van der Waals surface area contributed by atoms with Gasteiger partial charge in [-0.1, -0.05) is 6.07 Å². The highest BCUT2D eigenvalue weighted by Gasteiger charge is 2.52. The van der Waals surface area contributed by atoms with Gasteiger partial charge in [0.2, 0.25) is 0 Å². The first-order valence-corrected chi connectivity index (χ1v) is 14.1. The minimum absolute atomic E-state index is 0.0856. The van der Waals surface area contributed by atoms with Crippen LogP contribution in [0.5, 0.6) is 11.5 Å². The number of halogens is 5. The molecule has 0 radical (unpaired) electrons. The van der Waals surface area contributed by atoms with Gasteiger partial charge in [0.25, 0.3) is 0 Å². The Morgan fingerprint density at radius 3 is 2.33 bits per heavy atom. The van der Waals surface area contributed by atoms with Crippen LogP contribution in [0, 0.1) is 18.6 Å². The first kappa shape index (κ1) is 33.6. The summed E-state index contributed by atoms with van der Waals surface area (Å²) in [4.78, 5) is 24.1. The number of nitrogens with zero attached hydrogens (tertiary/aromatic N) is 1. The third kappa shape index (κ3) is 7.85. The number of nitrogens with one attached hydrogen (secondary N) is 2. The normalized spacial score (nSPS) is 21.2. The van der Waals surface area contributed by atoms with E-state index in [1.54, 1.807) is 14.2 Å². The van der Waals surface area contributed by atoms with Crippen molar-refractivity contribution >= 4 is 17.7 Å². The summed E-state index contributed by atoms with van der Waals surface area (Å²) < 4.78 is 75.6. The van der Waals surface area contributed by atoms with Crippen molar-refractivity contribution in [2.75, 3.05) is 26.1 Å². The molecule has 1 aromatic heterocycles. The van der Waals surface area contributed by atoms with Gasteiger partial charge in [-0.3, -0.25) is 4.90 Å². The molecule has 0 unspecified atom stereocenters. The molecular formula is C31H34F5N3O6. The van der Waals surface area contributed by atoms with Crippen LogP contribution in [0.25, 0.3) is 0 Å². The Labute approximate surface area is 256 Å². The van der Waals surface area contributed by atoms with Crippen molar-refractivity contribution in [1.29, 1.82) is 0 Å². The Morgan fingerprint density at radius 1 is 1.02 bits per heavy atom. The van der Waals surface area contributed by atoms with E-state index >= 15 is 0 Å². The van der Waals surface area contributed by atoms with Gasteiger partial charge in [0.1, 0.15) is 11.5 Å². The highest BCUT2D eigenvalue weighted by atomic mass is 19.4. The standard InChI is InChI=1S/C29H33F2N3O4.C2HF3O2/c1-18-4-7-22(38-18)17-34-13-12-29(19-5-9-25(36-2)26(14-19)37-3)11-10-21(16-27(29)34)33-28(35)32-20-6-8-23(30)24(31)15-20;3-2(4,5)1(6)7/h4-9,14-15,21,27H,10-13,16-17H2,1-3H3,(H2,32,33,35);(H,6,7)/t21-,27+,29+;/m1./s1. The summed E-state index contributed by atoms with van der Waals surface area (Å²) in [5.74, 6) is -1.54. The summed E-state index contributed by atoms with van der Waals surface area (Å²) in [7, 11) is 3.27. The molecule has 0 spiro atoms. The third-order valence-electron chi connectivity index (χ3n) is 8.24. The monoisotopic (exact) mass is 639 g/mol. The lowest BCUT2D eigenvalue weighted by Crippen LogP contribution is -2.52. The number of hydrogen-bond donors (Lipinski definition) is 3. The minimum atomic E-state index is -5.08. The van der Waals surface area contributed by atoms with Gasteiger partial charge in [-0.2, -0.15) is 13.2 Å². The molecule has 9 nitrogen and oxygen atoms in total. The van der Waals surface area contributed by atoms with Crippen LogP contribution in [0.4, 0.5) is 32.4 Å². The SMILES string of the molecule is COc1ccc([C@@]23CC[C@@H](NC(=O)Nc4ccc(F)c(F)c4)C[C@@H]2N(Cc2ccc(C)o2)CC3)cc1OC.O=C(O)C(F)(F)F. The maximum atomic E-state index is 13.6. The number of methoxy groups -OCH3 is 2. The molecule has 1 saturated carbocycles. The molecule has 0 bridgehead atoms. The molecule has 2 fully saturated rings. The second kappa shape index (κ2) is 13.8. The predicted octanol–water partition coefficient (Wildman–Crippen LogP) is 6.40. The van der Waals surface area contributed by atoms with E-state index < -0.39 is 29.8 Å². The molecule has 1 saturated heterocycles. The van der Waals surface area contributed by atoms with Crippen molar-refractivity contribution in [3.63, 3.8) is 0 Å². The maximum absolute atomic E-state index is 13.6. The van der Waals surface area contributed by atoms with Gasteiger partial charge in [-0.25, -0.2) is 18.4 Å². The summed E-state index contributed by atoms with van der Waals surface area (Å²) in [5, 5.41) is 12.8. The zero-order valence-electron chi connectivity index (χ0n) is 24.8. The van der Waals surface area contributed by atoms with Crippen LogP contribution in [-0.2, 0) is 16.8 Å². The van der Waals surface area contributed by atoms with E-state index in [4.69, 9.17) is 23.8 Å². The molecule has 3 atom stereocenters. The van der Waals surface area contributed by atoms with Gasteiger partial charge < -0.3 is 29.6 Å². The van der Waals surface area contributed by atoms with Crippen molar-refractivity contribution in [3.8, 4) is 11.5 Å². The highest BCUT2D eigenvalue weighted by Crippen LogP contribution is 2.50. The number of furan rings is 1. The lowest BCUT2D eigenvalue weighted by molar-refractivity contribution is -0.192. The largest absolute Gasteiger partial charge is 0.493 e. The number of likely N-dealkylation sites (tertiary alicyclic amines) is 1. The van der Waals surface area contributed by atoms with Crippen molar-refractivity contribution in [3.05, 3.63) is 77.2 Å². The Hall–Kier alpha value is -4.33. The van der Waals surface area contributed by atoms with Crippen LogP contribution in [0.3, 0.4) is 0 Å². The van der Waals surface area contributed by atoms with Crippen molar-refractivity contribution in [2.24, 2.45) is 0 Å². The predicted molar refractivity (Wildman–Crippen MR) is 153 cm³/mol. The van der Waals surface area contributed by atoms with Crippen molar-refractivity contribution in [1.82, 2.24) is 10.2 Å². The third-order valence-corrected chi connectivity index (χ3v) is 8.24. The number of aryl methyl sites for hydroxylation is 1. The number of benzene rings is 2. The highest BCUT2D eigenvalue weighted by molar-refractivity contribution is 5.89. The zero-order chi connectivity index (χ0) is 32.9. The number of carbonyl (C=O) groups is 2. The van der Waals surface area contributed by atoms with Crippen LogP contribution in [0.1, 0.15) is 42.8 Å². The molecule has 1 aliphatic heterocycles. The van der Waals surface area contributed by atoms with Gasteiger partial charge >= 0.3 is 18.2 Å². The number of ether oxygens (including phenoxy) is 2. The fourth-order valence-corrected chi connectivity index (χ4v) is 6.14. The second-order valence-corrected chi connectivity index (χ2v) is 11.0. The van der Waals surface area contributed by atoms with Crippen LogP contribution in [0.15, 0.2) is 52.9 Å². The first-order chi connectivity index (χ1) is 21.2. The van der Waals surface area contributed by atoms with E-state index in [1.807, 2.05) is 25.1 Å². The van der Waals surface area contributed by atoms with E-state index in [0.717, 1.165) is 55.9 Å². The molecule has 3 N–H and O–H groups in total. The van der Waals surface area contributed by atoms with Crippen LogP contribution in [-0.4, -0.2) is 61.0 Å². The second-order valence-electron chi connectivity index (χ2n) is 11.0. The van der Waals surface area contributed by atoms with Gasteiger partial charge in [0.05, 0.1) is 20.8 Å². The number of carboxylic acids is 1. The van der Waals surface area contributed by atoms with Crippen LogP contribution >= 0.6 is 0 Å². The summed E-state index contributed by atoms with van der Waals surface area (Å²) in [5.41, 5.74) is 1.28. The fraction of sp³-hybridized carbons (Fsp3) is 0.419. The first-order valence-electron chi connectivity index (χ1n) is 14.1. The fourth-order valence-electron chi connectivity index (χ4n) is 6.14. The summed E-state index contributed by atoms with van der Waals surface area (Å²) in [6.45, 7) is 3.52. The van der Waals surface area contributed by atoms with E-state index in [0.29, 0.717) is 18.0 Å². The number of alkyl halides is 3.